The minimum Gasteiger partial charge on any atom is -0.380 e. The summed E-state index contributed by atoms with van der Waals surface area (Å²) >= 11 is 0. The second-order valence-electron chi connectivity index (χ2n) is 4.68. The van der Waals surface area contributed by atoms with Crippen molar-refractivity contribution in [2.24, 2.45) is 0 Å². The molecule has 3 rings (SSSR count). The van der Waals surface area contributed by atoms with Gasteiger partial charge in [-0.3, -0.25) is 0 Å². The average molecular weight is 284 g/mol. The molecule has 0 aliphatic rings. The predicted molar refractivity (Wildman–Crippen MR) is 75.5 cm³/mol. The molecule has 0 unspecified atom stereocenters. The third-order valence-electron chi connectivity index (χ3n) is 3.24. The number of benzene rings is 1. The van der Waals surface area contributed by atoms with E-state index in [1.54, 1.807) is 12.4 Å². The smallest absolute Gasteiger partial charge is 0.246 e. The highest BCUT2D eigenvalue weighted by Gasteiger charge is 2.17. The third kappa shape index (κ3) is 2.85. The lowest BCUT2D eigenvalue weighted by Gasteiger charge is -2.12. The van der Waals surface area contributed by atoms with Crippen LogP contribution in [-0.4, -0.2) is 24.8 Å². The fraction of sp³-hybridized carbons (Fsp3) is 0.267. The number of aliphatic hydroxyl groups excluding tert-OH is 1. The summed E-state index contributed by atoms with van der Waals surface area (Å²) in [7, 11) is 0. The van der Waals surface area contributed by atoms with Crippen LogP contribution in [0.4, 0.5) is 0 Å². The summed E-state index contributed by atoms with van der Waals surface area (Å²) in [6, 6.07) is 9.42. The Hall–Kier alpha value is -2.47. The Morgan fingerprint density at radius 2 is 2.10 bits per heavy atom. The molecule has 0 radical (unpaired) electrons. The Morgan fingerprint density at radius 1 is 1.29 bits per heavy atom. The van der Waals surface area contributed by atoms with Crippen molar-refractivity contribution in [1.82, 2.24) is 19.7 Å². The molecule has 6 nitrogen and oxygen atoms in total. The molecule has 0 saturated heterocycles. The standard InChI is InChI=1S/C15H16N4O2/c1-2-12-17-13(21-18-12)10-19-9-8-16-15(19)14(20)11-6-4-3-5-7-11/h3-9,14,20H,2,10H2,1H3/t14-/m1/s1. The van der Waals surface area contributed by atoms with Crippen molar-refractivity contribution >= 4 is 0 Å². The fourth-order valence-electron chi connectivity index (χ4n) is 2.13. The molecule has 0 spiro atoms. The minimum atomic E-state index is -0.783. The number of rotatable bonds is 5. The summed E-state index contributed by atoms with van der Waals surface area (Å²) in [5.41, 5.74) is 0.796. The van der Waals surface area contributed by atoms with Gasteiger partial charge in [0.1, 0.15) is 18.5 Å². The summed E-state index contributed by atoms with van der Waals surface area (Å²) in [6.07, 6.45) is 3.39. The van der Waals surface area contributed by atoms with Crippen molar-refractivity contribution in [2.75, 3.05) is 0 Å². The molecule has 1 N–H and O–H groups in total. The molecule has 1 atom stereocenters. The number of aliphatic hydroxyl groups is 1. The molecule has 0 fully saturated rings. The first-order chi connectivity index (χ1) is 10.3. The number of hydrogen-bond donors (Lipinski definition) is 1. The molecule has 0 aliphatic carbocycles. The van der Waals surface area contributed by atoms with Gasteiger partial charge in [0.05, 0.1) is 0 Å². The number of aromatic nitrogens is 4. The molecule has 2 aromatic heterocycles. The lowest BCUT2D eigenvalue weighted by atomic mass is 10.1. The summed E-state index contributed by atoms with van der Waals surface area (Å²) in [5.74, 6) is 1.74. The maximum atomic E-state index is 10.4. The van der Waals surface area contributed by atoms with Crippen molar-refractivity contribution in [1.29, 1.82) is 0 Å². The van der Waals surface area contributed by atoms with E-state index >= 15 is 0 Å². The van der Waals surface area contributed by atoms with E-state index < -0.39 is 6.10 Å². The van der Waals surface area contributed by atoms with Crippen LogP contribution in [0.1, 0.15) is 36.1 Å². The van der Waals surface area contributed by atoms with Crippen molar-refractivity contribution in [3.05, 3.63) is 65.8 Å². The normalized spacial score (nSPS) is 12.5. The Bertz CT molecular complexity index is 705. The lowest BCUT2D eigenvalue weighted by Crippen LogP contribution is -2.10. The van der Waals surface area contributed by atoms with Crippen molar-refractivity contribution < 1.29 is 9.63 Å². The van der Waals surface area contributed by atoms with Gasteiger partial charge in [0, 0.05) is 18.8 Å². The molecule has 3 aromatic rings. The van der Waals surface area contributed by atoms with E-state index in [1.165, 1.54) is 0 Å². The second-order valence-corrected chi connectivity index (χ2v) is 4.68. The molecule has 0 bridgehead atoms. The van der Waals surface area contributed by atoms with Crippen LogP contribution in [0.25, 0.3) is 0 Å². The molecule has 0 amide bonds. The largest absolute Gasteiger partial charge is 0.380 e. The van der Waals surface area contributed by atoms with Gasteiger partial charge in [-0.05, 0) is 5.56 Å². The van der Waals surface area contributed by atoms with Crippen LogP contribution in [0, 0.1) is 0 Å². The summed E-state index contributed by atoms with van der Waals surface area (Å²) < 4.78 is 6.99. The van der Waals surface area contributed by atoms with E-state index in [9.17, 15) is 5.11 Å². The summed E-state index contributed by atoms with van der Waals surface area (Å²) in [4.78, 5) is 8.51. The van der Waals surface area contributed by atoms with E-state index in [2.05, 4.69) is 15.1 Å². The maximum Gasteiger partial charge on any atom is 0.246 e. The first kappa shape index (κ1) is 13.5. The zero-order chi connectivity index (χ0) is 14.7. The maximum absolute atomic E-state index is 10.4. The Labute approximate surface area is 122 Å². The monoisotopic (exact) mass is 284 g/mol. The summed E-state index contributed by atoms with van der Waals surface area (Å²) in [5, 5.41) is 14.3. The van der Waals surface area contributed by atoms with Gasteiger partial charge in [0.2, 0.25) is 5.89 Å². The highest BCUT2D eigenvalue weighted by atomic mass is 16.5. The third-order valence-corrected chi connectivity index (χ3v) is 3.24. The first-order valence-corrected chi connectivity index (χ1v) is 6.83. The van der Waals surface area contributed by atoms with Gasteiger partial charge in [0.25, 0.3) is 0 Å². The van der Waals surface area contributed by atoms with Crippen LogP contribution in [-0.2, 0) is 13.0 Å². The first-order valence-electron chi connectivity index (χ1n) is 6.83. The SMILES string of the molecule is CCc1noc(Cn2ccnc2[C@H](O)c2ccccc2)n1. The van der Waals surface area contributed by atoms with Crippen molar-refractivity contribution in [2.45, 2.75) is 26.0 Å². The highest BCUT2D eigenvalue weighted by Crippen LogP contribution is 2.20. The fourth-order valence-corrected chi connectivity index (χ4v) is 2.13. The second kappa shape index (κ2) is 5.88. The zero-order valence-electron chi connectivity index (χ0n) is 11.7. The Morgan fingerprint density at radius 3 is 2.81 bits per heavy atom. The van der Waals surface area contributed by atoms with Gasteiger partial charge in [-0.15, -0.1) is 0 Å². The van der Waals surface area contributed by atoms with Gasteiger partial charge in [0.15, 0.2) is 5.82 Å². The number of nitrogens with zero attached hydrogens (tertiary/aromatic N) is 4. The Balaban J connectivity index is 1.83. The van der Waals surface area contributed by atoms with Gasteiger partial charge < -0.3 is 14.2 Å². The predicted octanol–water partition coefficient (Wildman–Crippen LogP) is 1.96. The van der Waals surface area contributed by atoms with Crippen LogP contribution >= 0.6 is 0 Å². The molecule has 1 aromatic carbocycles. The highest BCUT2D eigenvalue weighted by molar-refractivity contribution is 5.23. The van der Waals surface area contributed by atoms with E-state index in [-0.39, 0.29) is 0 Å². The Kier molecular flexibility index (Phi) is 3.79. The van der Waals surface area contributed by atoms with E-state index in [0.717, 1.165) is 12.0 Å². The lowest BCUT2D eigenvalue weighted by molar-refractivity contribution is 0.204. The topological polar surface area (TPSA) is 77.0 Å². The van der Waals surface area contributed by atoms with Gasteiger partial charge in [-0.1, -0.05) is 42.4 Å². The number of hydrogen-bond acceptors (Lipinski definition) is 5. The van der Waals surface area contributed by atoms with Crippen LogP contribution in [0.15, 0.2) is 47.2 Å². The van der Waals surface area contributed by atoms with E-state index in [0.29, 0.717) is 24.1 Å². The van der Waals surface area contributed by atoms with Crippen molar-refractivity contribution in [3.8, 4) is 0 Å². The molecular weight excluding hydrogens is 268 g/mol. The molecular formula is C15H16N4O2. The molecule has 21 heavy (non-hydrogen) atoms. The number of aryl methyl sites for hydroxylation is 1. The van der Waals surface area contributed by atoms with Crippen LogP contribution in [0.2, 0.25) is 0 Å². The number of imidazole rings is 1. The van der Waals surface area contributed by atoms with Gasteiger partial charge in [-0.25, -0.2) is 4.98 Å². The van der Waals surface area contributed by atoms with Crippen molar-refractivity contribution in [3.63, 3.8) is 0 Å². The minimum absolute atomic E-state index is 0.395. The van der Waals surface area contributed by atoms with Crippen LogP contribution < -0.4 is 0 Å². The van der Waals surface area contributed by atoms with E-state index in [4.69, 9.17) is 4.52 Å². The summed E-state index contributed by atoms with van der Waals surface area (Å²) in [6.45, 7) is 2.36. The molecule has 108 valence electrons. The zero-order valence-corrected chi connectivity index (χ0v) is 11.7. The molecule has 6 heteroatoms. The quantitative estimate of drug-likeness (QED) is 0.775. The average Bonchev–Trinajstić information content (AvgIpc) is 3.17. The molecule has 0 saturated carbocycles. The molecule has 2 heterocycles. The van der Waals surface area contributed by atoms with Gasteiger partial charge >= 0.3 is 0 Å². The van der Waals surface area contributed by atoms with E-state index in [1.807, 2.05) is 41.8 Å². The molecule has 0 aliphatic heterocycles. The van der Waals surface area contributed by atoms with Crippen LogP contribution in [0.3, 0.4) is 0 Å². The van der Waals surface area contributed by atoms with Crippen LogP contribution in [0.5, 0.6) is 0 Å². The van der Waals surface area contributed by atoms with Gasteiger partial charge in [-0.2, -0.15) is 4.98 Å².